The first-order valence-electron chi connectivity index (χ1n) is 13.2. The number of aliphatic hydroxyl groups excluding tert-OH is 1. The van der Waals surface area contributed by atoms with Crippen molar-refractivity contribution in [3.8, 4) is 16.9 Å². The van der Waals surface area contributed by atoms with Gasteiger partial charge in [0, 0.05) is 23.7 Å². The number of aromatic hydroxyl groups is 1. The van der Waals surface area contributed by atoms with Crippen molar-refractivity contribution in [3.63, 3.8) is 0 Å². The SMILES string of the molecule is CC(=O)c1cccc(-c2ccc(C3CC(=O)[C@H](SC[C@H](O)c4ccc(C)cc4)[C@H]3c3ccc(O)cc3)cc2)c1. The van der Waals surface area contributed by atoms with Crippen molar-refractivity contribution in [1.29, 1.82) is 0 Å². The number of phenolic OH excluding ortho intramolecular Hbond substituents is 1. The van der Waals surface area contributed by atoms with Crippen molar-refractivity contribution in [2.75, 3.05) is 5.75 Å². The van der Waals surface area contributed by atoms with Crippen LogP contribution in [-0.4, -0.2) is 32.8 Å². The number of hydrogen-bond acceptors (Lipinski definition) is 5. The van der Waals surface area contributed by atoms with E-state index in [1.807, 2.05) is 67.6 Å². The standard InChI is InChI=1S/C34H32O4S/c1-21-6-8-25(9-7-21)32(38)20-39-34-31(37)19-30(33(34)26-14-16-29(36)17-15-26)24-12-10-23(11-13-24)28-5-3-4-27(18-28)22(2)35/h3-18,30,32-34,36,38H,19-20H2,1-2H3/t30?,32-,33-,34-/m0/s1. The maximum atomic E-state index is 13.4. The highest BCUT2D eigenvalue weighted by molar-refractivity contribution is 8.00. The van der Waals surface area contributed by atoms with Gasteiger partial charge in [-0.3, -0.25) is 9.59 Å². The molecule has 5 heteroatoms. The quantitative estimate of drug-likeness (QED) is 0.232. The number of benzene rings is 4. The van der Waals surface area contributed by atoms with Gasteiger partial charge in [-0.25, -0.2) is 0 Å². The zero-order chi connectivity index (χ0) is 27.5. The summed E-state index contributed by atoms with van der Waals surface area (Å²) in [6, 6.07) is 30.8. The van der Waals surface area contributed by atoms with Crippen molar-refractivity contribution >= 4 is 23.3 Å². The fraction of sp³-hybridized carbons (Fsp3) is 0.235. The third-order valence-corrected chi connectivity index (χ3v) is 9.04. The molecule has 4 atom stereocenters. The minimum Gasteiger partial charge on any atom is -0.508 e. The van der Waals surface area contributed by atoms with Crippen molar-refractivity contribution in [1.82, 2.24) is 0 Å². The van der Waals surface area contributed by atoms with E-state index in [9.17, 15) is 19.8 Å². The van der Waals surface area contributed by atoms with Gasteiger partial charge < -0.3 is 10.2 Å². The summed E-state index contributed by atoms with van der Waals surface area (Å²) < 4.78 is 0. The molecule has 0 radical (unpaired) electrons. The van der Waals surface area contributed by atoms with Gasteiger partial charge in [-0.2, -0.15) is 0 Å². The van der Waals surface area contributed by atoms with Crippen LogP contribution in [-0.2, 0) is 4.79 Å². The normalized spacial score (nSPS) is 19.7. The molecule has 1 aliphatic carbocycles. The molecule has 0 aromatic heterocycles. The zero-order valence-corrected chi connectivity index (χ0v) is 22.9. The second-order valence-corrected chi connectivity index (χ2v) is 11.5. The molecule has 0 saturated heterocycles. The molecule has 4 aromatic rings. The van der Waals surface area contributed by atoms with Crippen LogP contribution in [0, 0.1) is 6.92 Å². The Kier molecular flexibility index (Phi) is 8.01. The molecule has 0 bridgehead atoms. The number of aliphatic hydroxyl groups is 1. The van der Waals surface area contributed by atoms with Gasteiger partial charge in [-0.15, -0.1) is 11.8 Å². The predicted molar refractivity (Wildman–Crippen MR) is 157 cm³/mol. The molecule has 0 heterocycles. The van der Waals surface area contributed by atoms with Gasteiger partial charge in [0.15, 0.2) is 5.78 Å². The summed E-state index contributed by atoms with van der Waals surface area (Å²) in [6.07, 6.45) is -0.240. The van der Waals surface area contributed by atoms with E-state index in [0.717, 1.165) is 33.4 Å². The molecule has 4 nitrogen and oxygen atoms in total. The number of thioether (sulfide) groups is 1. The molecule has 0 aliphatic heterocycles. The largest absolute Gasteiger partial charge is 0.508 e. The summed E-state index contributed by atoms with van der Waals surface area (Å²) in [5.74, 6) is 0.722. The maximum Gasteiger partial charge on any atom is 0.159 e. The fourth-order valence-electron chi connectivity index (χ4n) is 5.42. The number of phenols is 1. The first-order valence-corrected chi connectivity index (χ1v) is 14.2. The molecule has 1 saturated carbocycles. The van der Waals surface area contributed by atoms with Crippen LogP contribution in [0.3, 0.4) is 0 Å². The number of rotatable bonds is 8. The molecular weight excluding hydrogens is 504 g/mol. The highest BCUT2D eigenvalue weighted by Gasteiger charge is 2.44. The molecule has 0 amide bonds. The maximum absolute atomic E-state index is 13.4. The lowest BCUT2D eigenvalue weighted by Crippen LogP contribution is -2.20. The van der Waals surface area contributed by atoms with Crippen LogP contribution >= 0.6 is 11.8 Å². The molecule has 39 heavy (non-hydrogen) atoms. The van der Waals surface area contributed by atoms with Crippen LogP contribution < -0.4 is 0 Å². The van der Waals surface area contributed by atoms with Crippen LogP contribution in [0.25, 0.3) is 11.1 Å². The Bertz CT molecular complexity index is 1460. The number of carbonyl (C=O) groups is 2. The number of aryl methyl sites for hydroxylation is 1. The lowest BCUT2D eigenvalue weighted by molar-refractivity contribution is -0.117. The Labute approximate surface area is 233 Å². The molecule has 4 aromatic carbocycles. The van der Waals surface area contributed by atoms with Crippen molar-refractivity contribution in [3.05, 3.63) is 125 Å². The van der Waals surface area contributed by atoms with Gasteiger partial charge in [0.05, 0.1) is 11.4 Å². The highest BCUT2D eigenvalue weighted by Crippen LogP contribution is 2.50. The number of ketones is 2. The molecule has 5 rings (SSSR count). The minimum atomic E-state index is -0.659. The Balaban J connectivity index is 1.41. The summed E-state index contributed by atoms with van der Waals surface area (Å²) in [5, 5.41) is 20.4. The van der Waals surface area contributed by atoms with Gasteiger partial charge in [0.1, 0.15) is 11.5 Å². The minimum absolute atomic E-state index is 0.0198. The summed E-state index contributed by atoms with van der Waals surface area (Å²) in [5.41, 5.74) is 6.74. The van der Waals surface area contributed by atoms with E-state index in [4.69, 9.17) is 0 Å². The van der Waals surface area contributed by atoms with Crippen LogP contribution in [0.2, 0.25) is 0 Å². The topological polar surface area (TPSA) is 74.6 Å². The van der Waals surface area contributed by atoms with Crippen LogP contribution in [0.5, 0.6) is 5.75 Å². The third kappa shape index (κ3) is 6.00. The Morgan fingerprint density at radius 1 is 0.897 bits per heavy atom. The molecule has 1 aliphatic rings. The molecule has 1 fully saturated rings. The lowest BCUT2D eigenvalue weighted by atomic mass is 9.83. The molecule has 0 spiro atoms. The Hall–Kier alpha value is -3.67. The number of Topliss-reactive ketones (excluding diaryl/α,β-unsaturated/α-hetero) is 2. The number of carbonyl (C=O) groups excluding carboxylic acids is 2. The molecule has 1 unspecified atom stereocenters. The lowest BCUT2D eigenvalue weighted by Gasteiger charge is -2.25. The summed E-state index contributed by atoms with van der Waals surface area (Å²) in [7, 11) is 0. The highest BCUT2D eigenvalue weighted by atomic mass is 32.2. The second kappa shape index (κ2) is 11.6. The van der Waals surface area contributed by atoms with Crippen LogP contribution in [0.1, 0.15) is 63.9 Å². The zero-order valence-electron chi connectivity index (χ0n) is 22.1. The van der Waals surface area contributed by atoms with Gasteiger partial charge in [0.25, 0.3) is 0 Å². The van der Waals surface area contributed by atoms with Crippen LogP contribution in [0.15, 0.2) is 97.1 Å². The van der Waals surface area contributed by atoms with Crippen LogP contribution in [0.4, 0.5) is 0 Å². The average Bonchev–Trinajstić information content (AvgIpc) is 3.28. The molecule has 198 valence electrons. The monoisotopic (exact) mass is 536 g/mol. The van der Waals surface area contributed by atoms with E-state index in [2.05, 4.69) is 24.3 Å². The summed E-state index contributed by atoms with van der Waals surface area (Å²) >= 11 is 1.52. The second-order valence-electron chi connectivity index (χ2n) is 10.3. The fourth-order valence-corrected chi connectivity index (χ4v) is 6.84. The van der Waals surface area contributed by atoms with Crippen molar-refractivity contribution in [2.24, 2.45) is 0 Å². The Morgan fingerprint density at radius 2 is 1.56 bits per heavy atom. The van der Waals surface area contributed by atoms with Gasteiger partial charge in [-0.05, 0) is 65.8 Å². The number of hydrogen-bond donors (Lipinski definition) is 2. The Morgan fingerprint density at radius 3 is 2.23 bits per heavy atom. The van der Waals surface area contributed by atoms with Gasteiger partial charge >= 0.3 is 0 Å². The first-order chi connectivity index (χ1) is 18.8. The van der Waals surface area contributed by atoms with E-state index in [0.29, 0.717) is 17.7 Å². The smallest absolute Gasteiger partial charge is 0.159 e. The van der Waals surface area contributed by atoms with E-state index >= 15 is 0 Å². The van der Waals surface area contributed by atoms with Gasteiger partial charge in [-0.1, -0.05) is 84.4 Å². The summed E-state index contributed by atoms with van der Waals surface area (Å²) in [4.78, 5) is 25.2. The van der Waals surface area contributed by atoms with Crippen molar-refractivity contribution in [2.45, 2.75) is 43.5 Å². The van der Waals surface area contributed by atoms with Gasteiger partial charge in [0.2, 0.25) is 0 Å². The predicted octanol–water partition coefficient (Wildman–Crippen LogP) is 7.25. The van der Waals surface area contributed by atoms with E-state index in [1.165, 1.54) is 11.8 Å². The molecular formula is C34H32O4S. The van der Waals surface area contributed by atoms with Crippen molar-refractivity contribution < 1.29 is 19.8 Å². The summed E-state index contributed by atoms with van der Waals surface area (Å²) in [6.45, 7) is 3.58. The third-order valence-electron chi connectivity index (χ3n) is 7.61. The molecule has 2 N–H and O–H groups in total. The van der Waals surface area contributed by atoms with E-state index in [1.54, 1.807) is 19.1 Å². The van der Waals surface area contributed by atoms with E-state index in [-0.39, 0.29) is 34.4 Å². The average molecular weight is 537 g/mol. The first kappa shape index (κ1) is 26.9. The van der Waals surface area contributed by atoms with E-state index < -0.39 is 6.10 Å².